The normalized spacial score (nSPS) is 20.7. The number of aromatic amines is 1. The van der Waals surface area contributed by atoms with E-state index in [-0.39, 0.29) is 18.6 Å². The van der Waals surface area contributed by atoms with Gasteiger partial charge in [-0.2, -0.15) is 5.21 Å². The maximum Gasteiger partial charge on any atom is 0.246 e. The number of nitrogens with zero attached hydrogens (tertiary/aromatic N) is 3. The van der Waals surface area contributed by atoms with Crippen LogP contribution in [0.2, 0.25) is 0 Å². The van der Waals surface area contributed by atoms with Crippen LogP contribution in [0.1, 0.15) is 38.2 Å². The SMILES string of the molecule is CC1CCCCC1OCC(=O)NCc1ccc(-c2nn[nH]n2)cc1. The molecular weight excluding hydrogens is 306 g/mol. The van der Waals surface area contributed by atoms with E-state index < -0.39 is 0 Å². The molecule has 7 heteroatoms. The molecule has 1 heterocycles. The Morgan fingerprint density at radius 3 is 2.79 bits per heavy atom. The summed E-state index contributed by atoms with van der Waals surface area (Å²) in [4.78, 5) is 12.0. The lowest BCUT2D eigenvalue weighted by molar-refractivity contribution is -0.129. The van der Waals surface area contributed by atoms with E-state index in [1.807, 2.05) is 24.3 Å². The summed E-state index contributed by atoms with van der Waals surface area (Å²) in [5.41, 5.74) is 1.90. The van der Waals surface area contributed by atoms with Gasteiger partial charge < -0.3 is 10.1 Å². The third-order valence-corrected chi connectivity index (χ3v) is 4.51. The Bertz CT molecular complexity index is 642. The van der Waals surface area contributed by atoms with Crippen LogP contribution in [-0.4, -0.2) is 39.2 Å². The van der Waals surface area contributed by atoms with Crippen molar-refractivity contribution in [1.82, 2.24) is 25.9 Å². The second-order valence-electron chi connectivity index (χ2n) is 6.32. The van der Waals surface area contributed by atoms with E-state index in [0.717, 1.165) is 17.5 Å². The average molecular weight is 329 g/mol. The number of tetrazole rings is 1. The zero-order chi connectivity index (χ0) is 16.8. The number of amides is 1. The van der Waals surface area contributed by atoms with Crippen molar-refractivity contribution in [3.63, 3.8) is 0 Å². The molecule has 128 valence electrons. The molecule has 24 heavy (non-hydrogen) atoms. The number of ether oxygens (including phenoxy) is 1. The van der Waals surface area contributed by atoms with Gasteiger partial charge in [0.15, 0.2) is 0 Å². The number of benzene rings is 1. The van der Waals surface area contributed by atoms with Crippen molar-refractivity contribution in [3.8, 4) is 11.4 Å². The zero-order valence-corrected chi connectivity index (χ0v) is 13.9. The summed E-state index contributed by atoms with van der Waals surface area (Å²) in [5.74, 6) is 1.03. The second kappa shape index (κ2) is 8.01. The number of hydrogen-bond acceptors (Lipinski definition) is 5. The molecule has 0 saturated heterocycles. The minimum absolute atomic E-state index is 0.0741. The second-order valence-corrected chi connectivity index (χ2v) is 6.32. The van der Waals surface area contributed by atoms with E-state index in [2.05, 4.69) is 32.9 Å². The molecule has 1 fully saturated rings. The van der Waals surface area contributed by atoms with Gasteiger partial charge >= 0.3 is 0 Å². The molecule has 1 saturated carbocycles. The molecule has 1 amide bonds. The average Bonchev–Trinajstić information content (AvgIpc) is 3.14. The number of aromatic nitrogens is 4. The molecule has 1 aromatic carbocycles. The van der Waals surface area contributed by atoms with Gasteiger partial charge in [0.2, 0.25) is 11.7 Å². The smallest absolute Gasteiger partial charge is 0.246 e. The molecule has 0 bridgehead atoms. The van der Waals surface area contributed by atoms with Crippen molar-refractivity contribution in [3.05, 3.63) is 29.8 Å². The molecule has 2 unspecified atom stereocenters. The van der Waals surface area contributed by atoms with Crippen LogP contribution in [0.15, 0.2) is 24.3 Å². The minimum Gasteiger partial charge on any atom is -0.368 e. The van der Waals surface area contributed by atoms with E-state index in [4.69, 9.17) is 4.74 Å². The lowest BCUT2D eigenvalue weighted by Crippen LogP contribution is -2.32. The maximum absolute atomic E-state index is 12.0. The number of nitrogens with one attached hydrogen (secondary N) is 2. The van der Waals surface area contributed by atoms with Crippen molar-refractivity contribution < 1.29 is 9.53 Å². The molecule has 2 N–H and O–H groups in total. The molecule has 2 atom stereocenters. The number of rotatable bonds is 6. The van der Waals surface area contributed by atoms with Crippen molar-refractivity contribution in [2.75, 3.05) is 6.61 Å². The fourth-order valence-corrected chi connectivity index (χ4v) is 3.02. The van der Waals surface area contributed by atoms with Crippen LogP contribution in [0.4, 0.5) is 0 Å². The maximum atomic E-state index is 12.0. The van der Waals surface area contributed by atoms with Crippen LogP contribution in [0, 0.1) is 5.92 Å². The summed E-state index contributed by atoms with van der Waals surface area (Å²) in [5, 5.41) is 16.7. The largest absolute Gasteiger partial charge is 0.368 e. The van der Waals surface area contributed by atoms with E-state index in [1.54, 1.807) is 0 Å². The van der Waals surface area contributed by atoms with Crippen molar-refractivity contribution in [2.45, 2.75) is 45.3 Å². The Kier molecular flexibility index (Phi) is 5.53. The first-order valence-corrected chi connectivity index (χ1v) is 8.43. The van der Waals surface area contributed by atoms with E-state index in [0.29, 0.717) is 18.3 Å². The van der Waals surface area contributed by atoms with Crippen LogP contribution in [0.5, 0.6) is 0 Å². The zero-order valence-electron chi connectivity index (χ0n) is 13.9. The third kappa shape index (κ3) is 4.38. The van der Waals surface area contributed by atoms with Crippen molar-refractivity contribution >= 4 is 5.91 Å². The van der Waals surface area contributed by atoms with Crippen LogP contribution in [0.25, 0.3) is 11.4 Å². The molecule has 1 aliphatic rings. The lowest BCUT2D eigenvalue weighted by Gasteiger charge is -2.28. The highest BCUT2D eigenvalue weighted by Crippen LogP contribution is 2.26. The number of H-pyrrole nitrogens is 1. The molecule has 7 nitrogen and oxygen atoms in total. The molecular formula is C17H23N5O2. The topological polar surface area (TPSA) is 92.8 Å². The first-order chi connectivity index (χ1) is 11.7. The standard InChI is InChI=1S/C17H23N5O2/c1-12-4-2-3-5-15(12)24-11-16(23)18-10-13-6-8-14(9-7-13)17-19-21-22-20-17/h6-9,12,15H,2-5,10-11H2,1H3,(H,18,23)(H,19,20,21,22). The monoisotopic (exact) mass is 329 g/mol. The minimum atomic E-state index is -0.0741. The Labute approximate surface area is 141 Å². The first-order valence-electron chi connectivity index (χ1n) is 8.43. The van der Waals surface area contributed by atoms with E-state index in [9.17, 15) is 4.79 Å². The highest BCUT2D eigenvalue weighted by molar-refractivity contribution is 5.77. The molecule has 0 aliphatic heterocycles. The molecule has 2 aromatic rings. The van der Waals surface area contributed by atoms with Gasteiger partial charge in [-0.3, -0.25) is 4.79 Å². The highest BCUT2D eigenvalue weighted by Gasteiger charge is 2.22. The fraction of sp³-hybridized carbons (Fsp3) is 0.529. The van der Waals surface area contributed by atoms with Crippen LogP contribution >= 0.6 is 0 Å². The number of carbonyl (C=O) groups is 1. The summed E-state index contributed by atoms with van der Waals surface area (Å²) in [6.45, 7) is 2.82. The summed E-state index contributed by atoms with van der Waals surface area (Å²) >= 11 is 0. The van der Waals surface area contributed by atoms with Gasteiger partial charge in [0.25, 0.3) is 0 Å². The van der Waals surface area contributed by atoms with Gasteiger partial charge in [0, 0.05) is 12.1 Å². The highest BCUT2D eigenvalue weighted by atomic mass is 16.5. The van der Waals surface area contributed by atoms with Crippen LogP contribution in [-0.2, 0) is 16.1 Å². The molecule has 0 spiro atoms. The summed E-state index contributed by atoms with van der Waals surface area (Å²) in [6, 6.07) is 7.70. The van der Waals surface area contributed by atoms with Crippen LogP contribution < -0.4 is 5.32 Å². The summed E-state index contributed by atoms with van der Waals surface area (Å²) in [6.07, 6.45) is 4.94. The third-order valence-electron chi connectivity index (χ3n) is 4.51. The van der Waals surface area contributed by atoms with Gasteiger partial charge in [0.1, 0.15) is 6.61 Å². The fourth-order valence-electron chi connectivity index (χ4n) is 3.02. The van der Waals surface area contributed by atoms with E-state index in [1.165, 1.54) is 19.3 Å². The van der Waals surface area contributed by atoms with Gasteiger partial charge in [-0.15, -0.1) is 10.2 Å². The number of carbonyl (C=O) groups excluding carboxylic acids is 1. The van der Waals surface area contributed by atoms with Gasteiger partial charge in [-0.1, -0.05) is 44.0 Å². The molecule has 0 radical (unpaired) electrons. The van der Waals surface area contributed by atoms with Crippen LogP contribution in [0.3, 0.4) is 0 Å². The summed E-state index contributed by atoms with van der Waals surface area (Å²) < 4.78 is 5.77. The van der Waals surface area contributed by atoms with Gasteiger partial charge in [0.05, 0.1) is 6.10 Å². The van der Waals surface area contributed by atoms with Crippen molar-refractivity contribution in [1.29, 1.82) is 0 Å². The Morgan fingerprint density at radius 2 is 2.08 bits per heavy atom. The lowest BCUT2D eigenvalue weighted by atomic mass is 9.88. The van der Waals surface area contributed by atoms with Gasteiger partial charge in [-0.05, 0) is 29.5 Å². The molecule has 1 aromatic heterocycles. The Morgan fingerprint density at radius 1 is 1.29 bits per heavy atom. The Hall–Kier alpha value is -2.28. The first kappa shape index (κ1) is 16.6. The van der Waals surface area contributed by atoms with Gasteiger partial charge in [-0.25, -0.2) is 0 Å². The van der Waals surface area contributed by atoms with Crippen molar-refractivity contribution in [2.24, 2.45) is 5.92 Å². The van der Waals surface area contributed by atoms with E-state index >= 15 is 0 Å². The molecule has 1 aliphatic carbocycles. The Balaban J connectivity index is 1.42. The molecule has 3 rings (SSSR count). The summed E-state index contributed by atoms with van der Waals surface area (Å²) in [7, 11) is 0. The number of hydrogen-bond donors (Lipinski definition) is 2. The predicted octanol–water partition coefficient (Wildman–Crippen LogP) is 2.08. The predicted molar refractivity (Wildman–Crippen MR) is 88.8 cm³/mol. The quantitative estimate of drug-likeness (QED) is 0.846.